The highest BCUT2D eigenvalue weighted by atomic mass is 127. The Morgan fingerprint density at radius 2 is 2.10 bits per heavy atom. The number of pyridine rings is 1. The molecule has 0 bridgehead atoms. The standard InChI is InChI=1S/C23H29ClN6.HI/c1-25-23(27-11-7-17-15-28-22-6-5-18(24)14-21(17)22)29-19-8-12-30(13-9-19)16-20-4-2-3-10-26-20;/h2-6,10,14-15,19,28H,7-9,11-13,16H2,1H3,(H2,25,27,29);1H. The van der Waals surface area contributed by atoms with Crippen LogP contribution in [0.5, 0.6) is 0 Å². The van der Waals surface area contributed by atoms with Crippen LogP contribution in [0.3, 0.4) is 0 Å². The summed E-state index contributed by atoms with van der Waals surface area (Å²) in [6.45, 7) is 3.88. The largest absolute Gasteiger partial charge is 0.361 e. The lowest BCUT2D eigenvalue weighted by Gasteiger charge is -2.32. The molecule has 3 N–H and O–H groups in total. The molecule has 0 saturated carbocycles. The molecular formula is C23H30ClIN6. The average molecular weight is 553 g/mol. The summed E-state index contributed by atoms with van der Waals surface area (Å²) >= 11 is 6.15. The number of fused-ring (bicyclic) bond motifs is 1. The Morgan fingerprint density at radius 3 is 2.84 bits per heavy atom. The van der Waals surface area contributed by atoms with Crippen molar-refractivity contribution in [3.05, 3.63) is 65.1 Å². The summed E-state index contributed by atoms with van der Waals surface area (Å²) in [6, 6.07) is 12.5. The van der Waals surface area contributed by atoms with Gasteiger partial charge < -0.3 is 15.6 Å². The molecular weight excluding hydrogens is 523 g/mol. The number of hydrogen-bond acceptors (Lipinski definition) is 3. The molecule has 0 amide bonds. The van der Waals surface area contributed by atoms with Crippen molar-refractivity contribution < 1.29 is 0 Å². The van der Waals surface area contributed by atoms with Gasteiger partial charge in [0.1, 0.15) is 0 Å². The van der Waals surface area contributed by atoms with Gasteiger partial charge in [0, 0.05) is 67.6 Å². The van der Waals surface area contributed by atoms with E-state index in [9.17, 15) is 0 Å². The number of aromatic amines is 1. The quantitative estimate of drug-likeness (QED) is 0.244. The number of nitrogens with one attached hydrogen (secondary N) is 3. The zero-order valence-electron chi connectivity index (χ0n) is 17.8. The van der Waals surface area contributed by atoms with Crippen LogP contribution in [0.1, 0.15) is 24.1 Å². The maximum atomic E-state index is 6.15. The predicted molar refractivity (Wildman–Crippen MR) is 139 cm³/mol. The van der Waals surface area contributed by atoms with Gasteiger partial charge in [-0.25, -0.2) is 0 Å². The van der Waals surface area contributed by atoms with Gasteiger partial charge >= 0.3 is 0 Å². The van der Waals surface area contributed by atoms with Crippen LogP contribution in [-0.2, 0) is 13.0 Å². The minimum atomic E-state index is 0. The van der Waals surface area contributed by atoms with E-state index in [0.717, 1.165) is 67.6 Å². The molecule has 1 aliphatic rings. The monoisotopic (exact) mass is 552 g/mol. The molecule has 1 fully saturated rings. The maximum Gasteiger partial charge on any atom is 0.191 e. The average Bonchev–Trinajstić information content (AvgIpc) is 3.17. The van der Waals surface area contributed by atoms with E-state index in [2.05, 4.69) is 48.8 Å². The third kappa shape index (κ3) is 6.57. The Kier molecular flexibility index (Phi) is 8.98. The van der Waals surface area contributed by atoms with Gasteiger partial charge in [-0.05, 0) is 55.2 Å². The lowest BCUT2D eigenvalue weighted by Crippen LogP contribution is -2.48. The number of nitrogens with zero attached hydrogens (tertiary/aromatic N) is 3. The Morgan fingerprint density at radius 1 is 1.26 bits per heavy atom. The molecule has 166 valence electrons. The van der Waals surface area contributed by atoms with Gasteiger partial charge in [0.2, 0.25) is 0 Å². The fourth-order valence-electron chi connectivity index (χ4n) is 4.02. The van der Waals surface area contributed by atoms with Crippen molar-refractivity contribution in [2.45, 2.75) is 31.8 Å². The second kappa shape index (κ2) is 11.7. The van der Waals surface area contributed by atoms with Gasteiger partial charge in [-0.1, -0.05) is 17.7 Å². The molecule has 2 aromatic heterocycles. The zero-order valence-corrected chi connectivity index (χ0v) is 20.9. The Bertz CT molecular complexity index is 982. The van der Waals surface area contributed by atoms with Crippen molar-refractivity contribution in [2.24, 2.45) is 4.99 Å². The van der Waals surface area contributed by atoms with Crippen LogP contribution in [0.4, 0.5) is 0 Å². The summed E-state index contributed by atoms with van der Waals surface area (Å²) in [4.78, 5) is 14.6. The molecule has 0 aliphatic carbocycles. The third-order valence-electron chi connectivity index (χ3n) is 5.68. The van der Waals surface area contributed by atoms with Crippen LogP contribution >= 0.6 is 35.6 Å². The third-order valence-corrected chi connectivity index (χ3v) is 5.92. The molecule has 0 radical (unpaired) electrons. The van der Waals surface area contributed by atoms with Crippen molar-refractivity contribution in [2.75, 3.05) is 26.7 Å². The fraction of sp³-hybridized carbons (Fsp3) is 0.391. The van der Waals surface area contributed by atoms with Gasteiger partial charge in [-0.15, -0.1) is 24.0 Å². The minimum Gasteiger partial charge on any atom is -0.361 e. The lowest BCUT2D eigenvalue weighted by atomic mass is 10.0. The smallest absolute Gasteiger partial charge is 0.191 e. The SMILES string of the molecule is CN=C(NCCc1c[nH]c2ccc(Cl)cc12)NC1CCN(Cc2ccccn2)CC1.I. The maximum absolute atomic E-state index is 6.15. The van der Waals surface area contributed by atoms with Crippen LogP contribution in [0, 0.1) is 0 Å². The van der Waals surface area contributed by atoms with Crippen LogP contribution in [0.2, 0.25) is 5.02 Å². The van der Waals surface area contributed by atoms with Crippen molar-refractivity contribution in [3.8, 4) is 0 Å². The summed E-state index contributed by atoms with van der Waals surface area (Å²) < 4.78 is 0. The van der Waals surface area contributed by atoms with Crippen LogP contribution in [-0.4, -0.2) is 53.6 Å². The summed E-state index contributed by atoms with van der Waals surface area (Å²) in [6.07, 6.45) is 7.05. The summed E-state index contributed by atoms with van der Waals surface area (Å²) in [5.74, 6) is 0.871. The highest BCUT2D eigenvalue weighted by molar-refractivity contribution is 14.0. The van der Waals surface area contributed by atoms with Gasteiger partial charge in [-0.3, -0.25) is 14.9 Å². The van der Waals surface area contributed by atoms with Crippen molar-refractivity contribution in [1.29, 1.82) is 0 Å². The molecule has 0 unspecified atom stereocenters. The molecule has 8 heteroatoms. The first-order valence-electron chi connectivity index (χ1n) is 10.6. The van der Waals surface area contributed by atoms with Gasteiger partial charge in [-0.2, -0.15) is 0 Å². The van der Waals surface area contributed by atoms with E-state index < -0.39 is 0 Å². The first kappa shape index (κ1) is 23.8. The van der Waals surface area contributed by atoms with Crippen LogP contribution in [0.15, 0.2) is 53.8 Å². The summed E-state index contributed by atoms with van der Waals surface area (Å²) in [5, 5.41) is 8.99. The summed E-state index contributed by atoms with van der Waals surface area (Å²) in [7, 11) is 1.83. The highest BCUT2D eigenvalue weighted by Gasteiger charge is 2.20. The number of H-pyrrole nitrogens is 1. The van der Waals surface area contributed by atoms with E-state index in [4.69, 9.17) is 11.6 Å². The molecule has 31 heavy (non-hydrogen) atoms. The molecule has 3 heterocycles. The minimum absolute atomic E-state index is 0. The van der Waals surface area contributed by atoms with E-state index in [1.807, 2.05) is 37.5 Å². The van der Waals surface area contributed by atoms with Crippen LogP contribution in [0.25, 0.3) is 10.9 Å². The topological polar surface area (TPSA) is 68.3 Å². The van der Waals surface area contributed by atoms with E-state index in [1.54, 1.807) is 0 Å². The van der Waals surface area contributed by atoms with E-state index in [-0.39, 0.29) is 24.0 Å². The molecule has 1 saturated heterocycles. The fourth-order valence-corrected chi connectivity index (χ4v) is 4.19. The number of guanidine groups is 1. The number of piperidine rings is 1. The first-order valence-corrected chi connectivity index (χ1v) is 10.9. The Hall–Kier alpha value is -1.84. The van der Waals surface area contributed by atoms with Gasteiger partial charge in [0.25, 0.3) is 0 Å². The van der Waals surface area contributed by atoms with Crippen molar-refractivity contribution in [3.63, 3.8) is 0 Å². The number of likely N-dealkylation sites (tertiary alicyclic amines) is 1. The summed E-state index contributed by atoms with van der Waals surface area (Å²) in [5.41, 5.74) is 3.52. The number of benzene rings is 1. The number of halogens is 2. The van der Waals surface area contributed by atoms with Crippen molar-refractivity contribution >= 4 is 52.4 Å². The lowest BCUT2D eigenvalue weighted by molar-refractivity contribution is 0.196. The molecule has 4 rings (SSSR count). The molecule has 1 aliphatic heterocycles. The molecule has 6 nitrogen and oxygen atoms in total. The molecule has 3 aromatic rings. The van der Waals surface area contributed by atoms with E-state index >= 15 is 0 Å². The number of rotatable bonds is 6. The second-order valence-corrected chi connectivity index (χ2v) is 8.21. The molecule has 0 spiro atoms. The van der Waals surface area contributed by atoms with Gasteiger partial charge in [0.15, 0.2) is 5.96 Å². The van der Waals surface area contributed by atoms with E-state index in [1.165, 1.54) is 10.9 Å². The number of aliphatic imine (C=N–C) groups is 1. The Balaban J connectivity index is 0.00000272. The van der Waals surface area contributed by atoms with Gasteiger partial charge in [0.05, 0.1) is 5.69 Å². The highest BCUT2D eigenvalue weighted by Crippen LogP contribution is 2.22. The predicted octanol–water partition coefficient (Wildman–Crippen LogP) is 4.21. The van der Waals surface area contributed by atoms with Crippen molar-refractivity contribution in [1.82, 2.24) is 25.5 Å². The molecule has 1 aromatic carbocycles. The number of hydrogen-bond donors (Lipinski definition) is 3. The molecule has 0 atom stereocenters. The normalized spacial score (nSPS) is 15.6. The number of aromatic nitrogens is 2. The zero-order chi connectivity index (χ0) is 20.8. The Labute approximate surface area is 205 Å². The van der Waals surface area contributed by atoms with E-state index in [0.29, 0.717) is 6.04 Å². The van der Waals surface area contributed by atoms with Crippen LogP contribution < -0.4 is 10.6 Å². The second-order valence-electron chi connectivity index (χ2n) is 7.77. The first-order chi connectivity index (χ1) is 14.7.